The molecule has 1 saturated carbocycles. The highest BCUT2D eigenvalue weighted by Gasteiger charge is 2.45. The fourth-order valence-corrected chi connectivity index (χ4v) is 3.18. The van der Waals surface area contributed by atoms with Crippen LogP contribution in [-0.2, 0) is 15.0 Å². The summed E-state index contributed by atoms with van der Waals surface area (Å²) in [5, 5.41) is 8.73. The number of aliphatic carboxylic acids is 1. The summed E-state index contributed by atoms with van der Waals surface area (Å²) in [6, 6.07) is 3.28. The highest BCUT2D eigenvalue weighted by Crippen LogP contribution is 2.43. The van der Waals surface area contributed by atoms with Crippen molar-refractivity contribution in [3.63, 3.8) is 0 Å². The molecule has 0 spiro atoms. The summed E-state index contributed by atoms with van der Waals surface area (Å²) in [6.45, 7) is 0.0682. The quantitative estimate of drug-likeness (QED) is 0.909. The van der Waals surface area contributed by atoms with Crippen LogP contribution in [0.4, 0.5) is 8.78 Å². The van der Waals surface area contributed by atoms with Crippen LogP contribution in [-0.4, -0.2) is 35.5 Å². The van der Waals surface area contributed by atoms with Crippen molar-refractivity contribution < 1.29 is 23.5 Å². The molecule has 1 amide bonds. The number of nitrogens with zero attached hydrogens (tertiary/aromatic N) is 1. The van der Waals surface area contributed by atoms with Gasteiger partial charge in [-0.15, -0.1) is 0 Å². The van der Waals surface area contributed by atoms with Gasteiger partial charge in [-0.25, -0.2) is 8.78 Å². The van der Waals surface area contributed by atoms with E-state index in [1.165, 1.54) is 18.0 Å². The lowest BCUT2D eigenvalue weighted by molar-refractivity contribution is -0.139. The summed E-state index contributed by atoms with van der Waals surface area (Å²) in [5.41, 5.74) is -0.802. The third-order valence-corrected chi connectivity index (χ3v) is 4.32. The van der Waals surface area contributed by atoms with Crippen LogP contribution in [0.5, 0.6) is 0 Å². The number of amides is 1. The third kappa shape index (κ3) is 3.10. The second-order valence-electron chi connectivity index (χ2n) is 5.78. The summed E-state index contributed by atoms with van der Waals surface area (Å²) in [6.07, 6.45) is 2.40. The molecule has 1 aliphatic rings. The standard InChI is InChI=1S/C16H19F2NO3/c1-19(9-6-14(20)21)15(22)16(7-2-3-8-16)12-5-4-11(17)10-13(12)18/h4-5,10H,2-3,6-9H2,1H3,(H,20,21). The zero-order valence-electron chi connectivity index (χ0n) is 12.4. The van der Waals surface area contributed by atoms with Gasteiger partial charge in [0.1, 0.15) is 11.6 Å². The number of hydrogen-bond acceptors (Lipinski definition) is 2. The summed E-state index contributed by atoms with van der Waals surface area (Å²) in [7, 11) is 1.52. The van der Waals surface area contributed by atoms with Crippen molar-refractivity contribution in [2.45, 2.75) is 37.5 Å². The minimum atomic E-state index is -1.01. The number of carbonyl (C=O) groups excluding carboxylic acids is 1. The predicted octanol–water partition coefficient (Wildman–Crippen LogP) is 2.71. The zero-order valence-corrected chi connectivity index (χ0v) is 12.4. The number of halogens is 2. The van der Waals surface area contributed by atoms with Gasteiger partial charge in [-0.3, -0.25) is 9.59 Å². The lowest BCUT2D eigenvalue weighted by Crippen LogP contribution is -2.44. The molecule has 0 heterocycles. The van der Waals surface area contributed by atoms with Gasteiger partial charge in [-0.1, -0.05) is 18.9 Å². The van der Waals surface area contributed by atoms with Crippen LogP contribution < -0.4 is 0 Å². The van der Waals surface area contributed by atoms with E-state index >= 15 is 0 Å². The molecule has 0 aromatic heterocycles. The van der Waals surface area contributed by atoms with E-state index in [1.54, 1.807) is 0 Å². The van der Waals surface area contributed by atoms with Gasteiger partial charge in [0.15, 0.2) is 0 Å². The molecule has 0 saturated heterocycles. The molecule has 4 nitrogen and oxygen atoms in total. The number of hydrogen-bond donors (Lipinski definition) is 1. The lowest BCUT2D eigenvalue weighted by Gasteiger charge is -2.33. The number of rotatable bonds is 5. The first kappa shape index (κ1) is 16.4. The molecule has 6 heteroatoms. The van der Waals surface area contributed by atoms with E-state index in [-0.39, 0.29) is 24.4 Å². The van der Waals surface area contributed by atoms with Crippen LogP contribution in [0, 0.1) is 11.6 Å². The van der Waals surface area contributed by atoms with Crippen LogP contribution in [0.25, 0.3) is 0 Å². The van der Waals surface area contributed by atoms with E-state index in [2.05, 4.69) is 0 Å². The molecule has 120 valence electrons. The lowest BCUT2D eigenvalue weighted by atomic mass is 9.77. The van der Waals surface area contributed by atoms with Gasteiger partial charge in [-0.2, -0.15) is 0 Å². The molecular weight excluding hydrogens is 292 g/mol. The predicted molar refractivity (Wildman–Crippen MR) is 76.4 cm³/mol. The average molecular weight is 311 g/mol. The second kappa shape index (κ2) is 6.42. The molecule has 1 N–H and O–H groups in total. The molecule has 0 radical (unpaired) electrons. The molecule has 0 bridgehead atoms. The van der Waals surface area contributed by atoms with Crippen molar-refractivity contribution in [3.8, 4) is 0 Å². The number of likely N-dealkylation sites (N-methyl/N-ethyl adjacent to an activating group) is 1. The summed E-state index contributed by atoms with van der Waals surface area (Å²) in [4.78, 5) is 24.8. The highest BCUT2D eigenvalue weighted by molar-refractivity contribution is 5.88. The van der Waals surface area contributed by atoms with Crippen molar-refractivity contribution >= 4 is 11.9 Å². The summed E-state index contributed by atoms with van der Waals surface area (Å²) < 4.78 is 27.3. The van der Waals surface area contributed by atoms with Gasteiger partial charge in [0.05, 0.1) is 11.8 Å². The van der Waals surface area contributed by atoms with Crippen molar-refractivity contribution in [2.24, 2.45) is 0 Å². The molecule has 2 rings (SSSR count). The Balaban J connectivity index is 2.32. The Kier molecular flexibility index (Phi) is 4.78. The van der Waals surface area contributed by atoms with Crippen LogP contribution in [0.1, 0.15) is 37.7 Å². The largest absolute Gasteiger partial charge is 0.481 e. The topological polar surface area (TPSA) is 57.6 Å². The van der Waals surface area contributed by atoms with Crippen molar-refractivity contribution in [1.29, 1.82) is 0 Å². The first-order valence-corrected chi connectivity index (χ1v) is 7.30. The third-order valence-electron chi connectivity index (χ3n) is 4.32. The summed E-state index contributed by atoms with van der Waals surface area (Å²) in [5.74, 6) is -2.69. The minimum Gasteiger partial charge on any atom is -0.481 e. The second-order valence-corrected chi connectivity index (χ2v) is 5.78. The van der Waals surface area contributed by atoms with E-state index in [1.807, 2.05) is 0 Å². The highest BCUT2D eigenvalue weighted by atomic mass is 19.1. The van der Waals surface area contributed by atoms with E-state index in [4.69, 9.17) is 5.11 Å². The Morgan fingerprint density at radius 1 is 1.27 bits per heavy atom. The Morgan fingerprint density at radius 3 is 2.45 bits per heavy atom. The van der Waals surface area contributed by atoms with Crippen LogP contribution >= 0.6 is 0 Å². The van der Waals surface area contributed by atoms with E-state index in [9.17, 15) is 18.4 Å². The Bertz CT molecular complexity index is 583. The molecular formula is C16H19F2NO3. The molecule has 0 atom stereocenters. The van der Waals surface area contributed by atoms with E-state index < -0.39 is 23.0 Å². The number of carbonyl (C=O) groups is 2. The number of carboxylic acid groups (broad SMARTS) is 1. The summed E-state index contributed by atoms with van der Waals surface area (Å²) >= 11 is 0. The van der Waals surface area contributed by atoms with Gasteiger partial charge in [0.25, 0.3) is 0 Å². The Hall–Kier alpha value is -1.98. The fraction of sp³-hybridized carbons (Fsp3) is 0.500. The molecule has 1 fully saturated rings. The fourth-order valence-electron chi connectivity index (χ4n) is 3.18. The molecule has 1 aliphatic carbocycles. The van der Waals surface area contributed by atoms with Crippen LogP contribution in [0.2, 0.25) is 0 Å². The average Bonchev–Trinajstić information content (AvgIpc) is 2.94. The van der Waals surface area contributed by atoms with Crippen molar-refractivity contribution in [2.75, 3.05) is 13.6 Å². The molecule has 1 aromatic carbocycles. The maximum atomic E-state index is 14.2. The smallest absolute Gasteiger partial charge is 0.305 e. The zero-order chi connectivity index (χ0) is 16.3. The van der Waals surface area contributed by atoms with Crippen LogP contribution in [0.3, 0.4) is 0 Å². The minimum absolute atomic E-state index is 0.0682. The molecule has 1 aromatic rings. The Morgan fingerprint density at radius 2 is 1.91 bits per heavy atom. The van der Waals surface area contributed by atoms with E-state index in [0.717, 1.165) is 25.0 Å². The molecule has 22 heavy (non-hydrogen) atoms. The van der Waals surface area contributed by atoms with Crippen LogP contribution in [0.15, 0.2) is 18.2 Å². The maximum Gasteiger partial charge on any atom is 0.305 e. The first-order chi connectivity index (χ1) is 10.4. The molecule has 0 aliphatic heterocycles. The normalized spacial score (nSPS) is 16.5. The van der Waals surface area contributed by atoms with E-state index in [0.29, 0.717) is 12.8 Å². The van der Waals surface area contributed by atoms with Crippen molar-refractivity contribution in [1.82, 2.24) is 4.90 Å². The van der Waals surface area contributed by atoms with Gasteiger partial charge >= 0.3 is 5.97 Å². The maximum absolute atomic E-state index is 14.2. The van der Waals surface area contributed by atoms with Gasteiger partial charge in [0.2, 0.25) is 5.91 Å². The molecule has 0 unspecified atom stereocenters. The number of carboxylic acids is 1. The Labute approximate surface area is 127 Å². The first-order valence-electron chi connectivity index (χ1n) is 7.30. The monoisotopic (exact) mass is 311 g/mol. The number of benzene rings is 1. The van der Waals surface area contributed by atoms with Gasteiger partial charge in [0, 0.05) is 25.2 Å². The SMILES string of the molecule is CN(CCC(=O)O)C(=O)C1(c2ccc(F)cc2F)CCCC1. The van der Waals surface area contributed by atoms with Gasteiger partial charge in [-0.05, 0) is 18.9 Å². The van der Waals surface area contributed by atoms with Gasteiger partial charge < -0.3 is 10.0 Å². The van der Waals surface area contributed by atoms with Crippen molar-refractivity contribution in [3.05, 3.63) is 35.4 Å².